The Bertz CT molecular complexity index is 696. The molecule has 2 aromatic rings. The molecule has 1 aliphatic rings. The van der Waals surface area contributed by atoms with E-state index in [4.69, 9.17) is 10.5 Å². The lowest BCUT2D eigenvalue weighted by Gasteiger charge is -2.16. The lowest BCUT2D eigenvalue weighted by molar-refractivity contribution is 0.407. The van der Waals surface area contributed by atoms with Crippen LogP contribution in [0.1, 0.15) is 23.6 Å². The van der Waals surface area contributed by atoms with Gasteiger partial charge in [-0.15, -0.1) is 0 Å². The number of aryl methyl sites for hydroxylation is 1. The molecule has 0 bridgehead atoms. The minimum absolute atomic E-state index is 0.119. The number of aromatic nitrogens is 2. The number of fused-ring (bicyclic) bond motifs is 1. The summed E-state index contributed by atoms with van der Waals surface area (Å²) in [4.78, 5) is 18.3. The van der Waals surface area contributed by atoms with E-state index in [9.17, 15) is 4.79 Å². The first-order valence-electron chi connectivity index (χ1n) is 6.45. The molecule has 104 valence electrons. The van der Waals surface area contributed by atoms with Gasteiger partial charge < -0.3 is 20.8 Å². The molecular weight excluding hydrogens is 256 g/mol. The maximum absolute atomic E-state index is 11.7. The fraction of sp³-hybridized carbons (Fsp3) is 0.286. The zero-order chi connectivity index (χ0) is 14.1. The van der Waals surface area contributed by atoms with Crippen molar-refractivity contribution in [1.29, 1.82) is 0 Å². The summed E-state index contributed by atoms with van der Waals surface area (Å²) in [5.41, 5.74) is 8.72. The number of nitrogens with one attached hydrogen (secondary N) is 2. The highest BCUT2D eigenvalue weighted by Crippen LogP contribution is 2.35. The predicted molar refractivity (Wildman–Crippen MR) is 76.9 cm³/mol. The SMILES string of the molecule is COc1c(NC2CCc3cc(N)ccc32)nc[nH]c1=O. The van der Waals surface area contributed by atoms with Gasteiger partial charge in [-0.3, -0.25) is 4.79 Å². The monoisotopic (exact) mass is 272 g/mol. The predicted octanol–water partition coefficient (Wildman–Crippen LogP) is 1.46. The molecule has 3 rings (SSSR count). The molecular formula is C14H16N4O2. The van der Waals surface area contributed by atoms with E-state index >= 15 is 0 Å². The number of H-pyrrole nitrogens is 1. The highest BCUT2D eigenvalue weighted by molar-refractivity contribution is 5.54. The van der Waals surface area contributed by atoms with Crippen molar-refractivity contribution in [2.45, 2.75) is 18.9 Å². The van der Waals surface area contributed by atoms with Crippen molar-refractivity contribution in [2.24, 2.45) is 0 Å². The topological polar surface area (TPSA) is 93.0 Å². The first kappa shape index (κ1) is 12.5. The van der Waals surface area contributed by atoms with E-state index in [1.165, 1.54) is 24.6 Å². The van der Waals surface area contributed by atoms with Crippen LogP contribution in [0.3, 0.4) is 0 Å². The van der Waals surface area contributed by atoms with Gasteiger partial charge in [0, 0.05) is 5.69 Å². The van der Waals surface area contributed by atoms with Gasteiger partial charge in [0.1, 0.15) is 0 Å². The second kappa shape index (κ2) is 4.88. The Balaban J connectivity index is 1.91. The highest BCUT2D eigenvalue weighted by Gasteiger charge is 2.24. The van der Waals surface area contributed by atoms with Gasteiger partial charge in [0.25, 0.3) is 5.56 Å². The van der Waals surface area contributed by atoms with Crippen LogP contribution in [0.15, 0.2) is 29.3 Å². The van der Waals surface area contributed by atoms with Crippen LogP contribution < -0.4 is 21.3 Å². The molecule has 0 amide bonds. The second-order valence-electron chi connectivity index (χ2n) is 4.81. The molecule has 0 aliphatic heterocycles. The van der Waals surface area contributed by atoms with Crippen molar-refractivity contribution in [3.05, 3.63) is 46.0 Å². The fourth-order valence-electron chi connectivity index (χ4n) is 2.63. The Morgan fingerprint density at radius 2 is 2.35 bits per heavy atom. The first-order chi connectivity index (χ1) is 9.69. The third-order valence-electron chi connectivity index (χ3n) is 3.57. The summed E-state index contributed by atoms with van der Waals surface area (Å²) < 4.78 is 5.10. The van der Waals surface area contributed by atoms with Gasteiger partial charge in [0.05, 0.1) is 19.5 Å². The van der Waals surface area contributed by atoms with Gasteiger partial charge in [0.15, 0.2) is 5.82 Å². The Labute approximate surface area is 116 Å². The minimum Gasteiger partial charge on any atom is -0.489 e. The summed E-state index contributed by atoms with van der Waals surface area (Å²) in [6.07, 6.45) is 3.27. The normalized spacial score (nSPS) is 16.8. The van der Waals surface area contributed by atoms with Crippen molar-refractivity contribution >= 4 is 11.5 Å². The molecule has 1 unspecified atom stereocenters. The molecule has 1 aliphatic carbocycles. The number of aromatic amines is 1. The number of ether oxygens (including phenoxy) is 1. The van der Waals surface area contributed by atoms with E-state index in [1.54, 1.807) is 0 Å². The number of rotatable bonds is 3. The maximum atomic E-state index is 11.7. The van der Waals surface area contributed by atoms with Crippen LogP contribution in [0.2, 0.25) is 0 Å². The molecule has 6 heteroatoms. The third kappa shape index (κ3) is 2.09. The second-order valence-corrected chi connectivity index (χ2v) is 4.81. The van der Waals surface area contributed by atoms with Crippen LogP contribution in [0, 0.1) is 0 Å². The molecule has 0 radical (unpaired) electrons. The van der Waals surface area contributed by atoms with Crippen molar-refractivity contribution < 1.29 is 4.74 Å². The third-order valence-corrected chi connectivity index (χ3v) is 3.57. The van der Waals surface area contributed by atoms with E-state index in [0.29, 0.717) is 5.82 Å². The van der Waals surface area contributed by atoms with Crippen LogP contribution in [0.25, 0.3) is 0 Å². The molecule has 1 atom stereocenters. The molecule has 0 fully saturated rings. The van der Waals surface area contributed by atoms with Crippen LogP contribution >= 0.6 is 0 Å². The molecule has 1 aromatic heterocycles. The van der Waals surface area contributed by atoms with Crippen molar-refractivity contribution in [1.82, 2.24) is 9.97 Å². The highest BCUT2D eigenvalue weighted by atomic mass is 16.5. The molecule has 4 N–H and O–H groups in total. The summed E-state index contributed by atoms with van der Waals surface area (Å²) in [5, 5.41) is 3.28. The van der Waals surface area contributed by atoms with Crippen LogP contribution in [-0.2, 0) is 6.42 Å². The zero-order valence-electron chi connectivity index (χ0n) is 11.1. The van der Waals surface area contributed by atoms with Gasteiger partial charge in [0.2, 0.25) is 5.75 Å². The summed E-state index contributed by atoms with van der Waals surface area (Å²) in [5.74, 6) is 0.669. The number of hydrogen-bond donors (Lipinski definition) is 3. The average Bonchev–Trinajstić information content (AvgIpc) is 2.81. The number of nitrogen functional groups attached to an aromatic ring is 1. The molecule has 1 aromatic carbocycles. The zero-order valence-corrected chi connectivity index (χ0v) is 11.1. The van der Waals surface area contributed by atoms with Gasteiger partial charge in [-0.2, -0.15) is 0 Å². The number of methoxy groups -OCH3 is 1. The number of nitrogens with two attached hydrogens (primary N) is 1. The summed E-state index contributed by atoms with van der Waals surface area (Å²) in [6.45, 7) is 0. The number of anilines is 2. The maximum Gasteiger partial charge on any atom is 0.295 e. The molecule has 0 spiro atoms. The quantitative estimate of drug-likeness (QED) is 0.735. The molecule has 1 heterocycles. The smallest absolute Gasteiger partial charge is 0.295 e. The summed E-state index contributed by atoms with van der Waals surface area (Å²) in [6, 6.07) is 6.03. The minimum atomic E-state index is -0.291. The lowest BCUT2D eigenvalue weighted by atomic mass is 10.1. The average molecular weight is 272 g/mol. The summed E-state index contributed by atoms with van der Waals surface area (Å²) >= 11 is 0. The lowest BCUT2D eigenvalue weighted by Crippen LogP contribution is -2.16. The van der Waals surface area contributed by atoms with Crippen molar-refractivity contribution in [3.8, 4) is 5.75 Å². The largest absolute Gasteiger partial charge is 0.489 e. The summed E-state index contributed by atoms with van der Waals surface area (Å²) in [7, 11) is 1.46. The van der Waals surface area contributed by atoms with E-state index in [1.807, 2.05) is 18.2 Å². The van der Waals surface area contributed by atoms with Crippen molar-refractivity contribution in [3.63, 3.8) is 0 Å². The van der Waals surface area contributed by atoms with E-state index in [2.05, 4.69) is 15.3 Å². The van der Waals surface area contributed by atoms with E-state index < -0.39 is 0 Å². The molecule has 0 saturated heterocycles. The van der Waals surface area contributed by atoms with E-state index in [-0.39, 0.29) is 17.4 Å². The van der Waals surface area contributed by atoms with Crippen LogP contribution in [0.4, 0.5) is 11.5 Å². The van der Waals surface area contributed by atoms with Gasteiger partial charge in [-0.25, -0.2) is 4.98 Å². The number of hydrogen-bond acceptors (Lipinski definition) is 5. The van der Waals surface area contributed by atoms with Crippen molar-refractivity contribution in [2.75, 3.05) is 18.2 Å². The fourth-order valence-corrected chi connectivity index (χ4v) is 2.63. The van der Waals surface area contributed by atoms with Crippen LogP contribution in [-0.4, -0.2) is 17.1 Å². The molecule has 20 heavy (non-hydrogen) atoms. The van der Waals surface area contributed by atoms with E-state index in [0.717, 1.165) is 18.5 Å². The standard InChI is InChI=1S/C14H16N4O2/c1-20-12-13(16-7-17-14(12)19)18-11-5-2-8-6-9(15)3-4-10(8)11/h3-4,6-7,11H,2,5,15H2,1H3,(H2,16,17,18,19). The van der Waals surface area contributed by atoms with Gasteiger partial charge in [-0.1, -0.05) is 6.07 Å². The molecule has 0 saturated carbocycles. The Morgan fingerprint density at radius 1 is 1.50 bits per heavy atom. The Kier molecular flexibility index (Phi) is 3.06. The Morgan fingerprint density at radius 3 is 3.15 bits per heavy atom. The molecule has 6 nitrogen and oxygen atoms in total. The first-order valence-corrected chi connectivity index (χ1v) is 6.45. The van der Waals surface area contributed by atoms with Gasteiger partial charge in [-0.05, 0) is 36.1 Å². The van der Waals surface area contributed by atoms with Crippen LogP contribution in [0.5, 0.6) is 5.75 Å². The number of nitrogens with zero attached hydrogens (tertiary/aromatic N) is 1. The van der Waals surface area contributed by atoms with Gasteiger partial charge >= 0.3 is 0 Å². The number of benzene rings is 1. The Hall–Kier alpha value is -2.50.